The molecule has 0 aliphatic rings. The normalized spacial score (nSPS) is 13.8. The van der Waals surface area contributed by atoms with Crippen LogP contribution in [-0.4, -0.2) is 49.5 Å². The van der Waals surface area contributed by atoms with Crippen molar-refractivity contribution in [3.05, 3.63) is 35.3 Å². The summed E-state index contributed by atoms with van der Waals surface area (Å²) in [7, 11) is 1.83. The average Bonchev–Trinajstić information content (AvgIpc) is 3.03. The third-order valence-corrected chi connectivity index (χ3v) is 5.20. The molecule has 23 heavy (non-hydrogen) atoms. The molecule has 6 nitrogen and oxygen atoms in total. The number of nitrogens with zero attached hydrogens (tertiary/aromatic N) is 3. The Hall–Kier alpha value is -1.73. The van der Waals surface area contributed by atoms with Gasteiger partial charge in [0.05, 0.1) is 12.8 Å². The lowest BCUT2D eigenvalue weighted by Gasteiger charge is -2.21. The van der Waals surface area contributed by atoms with Gasteiger partial charge in [-0.2, -0.15) is 16.9 Å². The van der Waals surface area contributed by atoms with Crippen molar-refractivity contribution in [1.29, 1.82) is 0 Å². The largest absolute Gasteiger partial charge is 0.395 e. The van der Waals surface area contributed by atoms with Gasteiger partial charge in [0.15, 0.2) is 0 Å². The molecule has 0 radical (unpaired) electrons. The molecule has 2 atom stereocenters. The van der Waals surface area contributed by atoms with Crippen molar-refractivity contribution in [2.75, 3.05) is 12.9 Å². The molecule has 0 spiro atoms. The first-order valence-corrected chi connectivity index (χ1v) is 8.81. The highest BCUT2D eigenvalue weighted by Crippen LogP contribution is 2.20. The standard InChI is InChI=1S/C16H24N4O2S/c1-10-6-7-11(2)20(10)16-13(8-17-19(16)4)15(22)18-12(3)14(9-21)23-5/h6-8,12,14,21H,9H2,1-5H3,(H,18,22). The van der Waals surface area contributed by atoms with Gasteiger partial charge in [-0.05, 0) is 39.2 Å². The Balaban J connectivity index is 2.33. The Kier molecular flexibility index (Phi) is 5.54. The van der Waals surface area contributed by atoms with Crippen LogP contribution in [0.4, 0.5) is 0 Å². The zero-order valence-corrected chi connectivity index (χ0v) is 15.0. The van der Waals surface area contributed by atoms with E-state index in [0.717, 1.165) is 17.2 Å². The number of rotatable bonds is 6. The molecule has 0 bridgehead atoms. The Bertz CT molecular complexity index is 669. The number of thioether (sulfide) groups is 1. The van der Waals surface area contributed by atoms with E-state index in [0.29, 0.717) is 5.56 Å². The minimum atomic E-state index is -0.180. The summed E-state index contributed by atoms with van der Waals surface area (Å²) in [4.78, 5) is 12.7. The number of aromatic nitrogens is 3. The monoisotopic (exact) mass is 336 g/mol. The Morgan fingerprint density at radius 2 is 2.00 bits per heavy atom. The van der Waals surface area contributed by atoms with E-state index in [1.54, 1.807) is 10.9 Å². The Labute approximate surface area is 140 Å². The van der Waals surface area contributed by atoms with Gasteiger partial charge in [0.2, 0.25) is 0 Å². The topological polar surface area (TPSA) is 72.1 Å². The average molecular weight is 336 g/mol. The van der Waals surface area contributed by atoms with Crippen molar-refractivity contribution in [3.8, 4) is 5.82 Å². The number of nitrogens with one attached hydrogen (secondary N) is 1. The number of aliphatic hydroxyl groups excluding tert-OH is 1. The second-order valence-corrected chi connectivity index (χ2v) is 6.75. The number of aliphatic hydroxyl groups is 1. The highest BCUT2D eigenvalue weighted by Gasteiger charge is 2.23. The van der Waals surface area contributed by atoms with Crippen molar-refractivity contribution in [3.63, 3.8) is 0 Å². The van der Waals surface area contributed by atoms with Crippen LogP contribution in [-0.2, 0) is 7.05 Å². The first-order chi connectivity index (χ1) is 10.9. The lowest BCUT2D eigenvalue weighted by molar-refractivity contribution is 0.0936. The molecule has 0 aliphatic carbocycles. The molecule has 7 heteroatoms. The van der Waals surface area contributed by atoms with E-state index in [4.69, 9.17) is 0 Å². The summed E-state index contributed by atoms with van der Waals surface area (Å²) in [6.45, 7) is 5.93. The van der Waals surface area contributed by atoms with E-state index in [9.17, 15) is 9.90 Å². The number of amides is 1. The van der Waals surface area contributed by atoms with Gasteiger partial charge >= 0.3 is 0 Å². The minimum Gasteiger partial charge on any atom is -0.395 e. The van der Waals surface area contributed by atoms with Gasteiger partial charge in [-0.3, -0.25) is 9.48 Å². The molecule has 0 saturated carbocycles. The van der Waals surface area contributed by atoms with Gasteiger partial charge in [0.25, 0.3) is 5.91 Å². The number of hydrogen-bond acceptors (Lipinski definition) is 4. The summed E-state index contributed by atoms with van der Waals surface area (Å²) >= 11 is 1.54. The van der Waals surface area contributed by atoms with Gasteiger partial charge in [0.1, 0.15) is 11.4 Å². The van der Waals surface area contributed by atoms with E-state index in [1.165, 1.54) is 11.8 Å². The summed E-state index contributed by atoms with van der Waals surface area (Å²) in [5.41, 5.74) is 2.62. The van der Waals surface area contributed by atoms with E-state index < -0.39 is 0 Å². The third-order valence-electron chi connectivity index (χ3n) is 4.03. The molecule has 0 aromatic carbocycles. The van der Waals surface area contributed by atoms with Crippen LogP contribution in [0.1, 0.15) is 28.7 Å². The van der Waals surface area contributed by atoms with Crippen molar-refractivity contribution in [1.82, 2.24) is 19.7 Å². The SMILES string of the molecule is CSC(CO)C(C)NC(=O)c1cnn(C)c1-n1c(C)ccc1C. The lowest BCUT2D eigenvalue weighted by Crippen LogP contribution is -2.41. The summed E-state index contributed by atoms with van der Waals surface area (Å²) in [5, 5.41) is 16.6. The molecule has 2 aromatic heterocycles. The van der Waals surface area contributed by atoms with Crippen LogP contribution in [0.15, 0.2) is 18.3 Å². The first-order valence-electron chi connectivity index (χ1n) is 7.52. The Morgan fingerprint density at radius 3 is 2.52 bits per heavy atom. The summed E-state index contributed by atoms with van der Waals surface area (Å²) in [5.74, 6) is 0.569. The zero-order chi connectivity index (χ0) is 17.1. The first kappa shape index (κ1) is 17.6. The Morgan fingerprint density at radius 1 is 1.39 bits per heavy atom. The fourth-order valence-electron chi connectivity index (χ4n) is 2.67. The molecule has 0 aliphatic heterocycles. The molecule has 2 unspecified atom stereocenters. The van der Waals surface area contributed by atoms with E-state index in [1.807, 2.05) is 50.8 Å². The van der Waals surface area contributed by atoms with Crippen LogP contribution in [0.2, 0.25) is 0 Å². The predicted octanol–water partition coefficient (Wildman–Crippen LogP) is 1.67. The van der Waals surface area contributed by atoms with Crippen LogP contribution < -0.4 is 5.32 Å². The molecule has 126 valence electrons. The summed E-state index contributed by atoms with van der Waals surface area (Å²) in [6.07, 6.45) is 3.51. The smallest absolute Gasteiger partial charge is 0.256 e. The molecule has 0 saturated heterocycles. The van der Waals surface area contributed by atoms with Crippen LogP contribution >= 0.6 is 11.8 Å². The molecular weight excluding hydrogens is 312 g/mol. The van der Waals surface area contributed by atoms with Gasteiger partial charge in [0, 0.05) is 29.7 Å². The molecule has 2 rings (SSSR count). The number of carbonyl (C=O) groups excluding carboxylic acids is 1. The van der Waals surface area contributed by atoms with Gasteiger partial charge in [-0.15, -0.1) is 0 Å². The quantitative estimate of drug-likeness (QED) is 0.842. The van der Waals surface area contributed by atoms with Gasteiger partial charge in [-0.1, -0.05) is 0 Å². The van der Waals surface area contributed by atoms with Crippen LogP contribution in [0.25, 0.3) is 5.82 Å². The zero-order valence-electron chi connectivity index (χ0n) is 14.2. The molecule has 0 fully saturated rings. The molecule has 1 amide bonds. The summed E-state index contributed by atoms with van der Waals surface area (Å²) < 4.78 is 3.72. The van der Waals surface area contributed by atoms with Crippen LogP contribution in [0, 0.1) is 13.8 Å². The van der Waals surface area contributed by atoms with Crippen molar-refractivity contribution >= 4 is 17.7 Å². The van der Waals surface area contributed by atoms with Gasteiger partial charge in [-0.25, -0.2) is 0 Å². The highest BCUT2D eigenvalue weighted by atomic mass is 32.2. The molecule has 2 N–H and O–H groups in total. The predicted molar refractivity (Wildman–Crippen MR) is 93.3 cm³/mol. The van der Waals surface area contributed by atoms with Crippen molar-refractivity contribution in [2.24, 2.45) is 7.05 Å². The maximum atomic E-state index is 12.7. The summed E-state index contributed by atoms with van der Waals surface area (Å²) in [6, 6.07) is 3.90. The third kappa shape index (κ3) is 3.45. The van der Waals surface area contributed by atoms with Crippen LogP contribution in [0.3, 0.4) is 0 Å². The fourth-order valence-corrected chi connectivity index (χ4v) is 3.30. The maximum absolute atomic E-state index is 12.7. The lowest BCUT2D eigenvalue weighted by atomic mass is 10.2. The van der Waals surface area contributed by atoms with Crippen molar-refractivity contribution in [2.45, 2.75) is 32.1 Å². The number of aryl methyl sites for hydroxylation is 3. The van der Waals surface area contributed by atoms with E-state index in [-0.39, 0.29) is 23.8 Å². The molecule has 2 aromatic rings. The highest BCUT2D eigenvalue weighted by molar-refractivity contribution is 7.99. The maximum Gasteiger partial charge on any atom is 0.256 e. The molecular formula is C16H24N4O2S. The number of hydrogen-bond donors (Lipinski definition) is 2. The fraction of sp³-hybridized carbons (Fsp3) is 0.500. The van der Waals surface area contributed by atoms with Crippen LogP contribution in [0.5, 0.6) is 0 Å². The minimum absolute atomic E-state index is 0.0261. The van der Waals surface area contributed by atoms with E-state index >= 15 is 0 Å². The number of carbonyl (C=O) groups is 1. The van der Waals surface area contributed by atoms with Crippen molar-refractivity contribution < 1.29 is 9.90 Å². The van der Waals surface area contributed by atoms with Gasteiger partial charge < -0.3 is 15.0 Å². The van der Waals surface area contributed by atoms with E-state index in [2.05, 4.69) is 10.4 Å². The molecule has 2 heterocycles. The second kappa shape index (κ2) is 7.23. The second-order valence-electron chi connectivity index (χ2n) is 5.68.